The Morgan fingerprint density at radius 1 is 1.42 bits per heavy atom. The maximum atomic E-state index is 12.4. The fraction of sp³-hybridized carbons (Fsp3) is 0.500. The summed E-state index contributed by atoms with van der Waals surface area (Å²) in [4.78, 5) is 14.4. The second-order valence-corrected chi connectivity index (χ2v) is 5.19. The molecule has 1 saturated heterocycles. The standard InChI is InChI=1S/C16H20N2O/c1-2-13-6-4-9-18(10-8-13)16(19)15-7-3-5-14(11-15)12-17/h3,5,7,11,13H,2,4,6,8-10H2,1H3. The monoisotopic (exact) mass is 256 g/mol. The number of nitrogens with zero attached hydrogens (tertiary/aromatic N) is 2. The van der Waals surface area contributed by atoms with Crippen LogP contribution in [0.3, 0.4) is 0 Å². The Kier molecular flexibility index (Phi) is 4.57. The van der Waals surface area contributed by atoms with E-state index in [2.05, 4.69) is 13.0 Å². The van der Waals surface area contributed by atoms with Crippen LogP contribution in [0.5, 0.6) is 0 Å². The van der Waals surface area contributed by atoms with Gasteiger partial charge in [-0.15, -0.1) is 0 Å². The summed E-state index contributed by atoms with van der Waals surface area (Å²) >= 11 is 0. The van der Waals surface area contributed by atoms with Crippen molar-refractivity contribution in [2.24, 2.45) is 5.92 Å². The van der Waals surface area contributed by atoms with Crippen LogP contribution in [0, 0.1) is 17.2 Å². The van der Waals surface area contributed by atoms with Crippen molar-refractivity contribution in [1.29, 1.82) is 5.26 Å². The molecule has 1 amide bonds. The van der Waals surface area contributed by atoms with E-state index in [1.54, 1.807) is 24.3 Å². The fourth-order valence-corrected chi connectivity index (χ4v) is 2.68. The van der Waals surface area contributed by atoms with Gasteiger partial charge in [-0.3, -0.25) is 4.79 Å². The quantitative estimate of drug-likeness (QED) is 0.815. The molecule has 3 heteroatoms. The van der Waals surface area contributed by atoms with Gasteiger partial charge in [0.25, 0.3) is 5.91 Å². The minimum absolute atomic E-state index is 0.0638. The first kappa shape index (κ1) is 13.6. The molecule has 0 radical (unpaired) electrons. The summed E-state index contributed by atoms with van der Waals surface area (Å²) in [5.41, 5.74) is 1.18. The first-order valence-corrected chi connectivity index (χ1v) is 7.04. The van der Waals surface area contributed by atoms with Crippen LogP contribution in [-0.2, 0) is 0 Å². The Morgan fingerprint density at radius 3 is 3.00 bits per heavy atom. The number of hydrogen-bond acceptors (Lipinski definition) is 2. The van der Waals surface area contributed by atoms with Crippen molar-refractivity contribution in [3.8, 4) is 6.07 Å². The maximum absolute atomic E-state index is 12.4. The lowest BCUT2D eigenvalue weighted by Crippen LogP contribution is -2.32. The SMILES string of the molecule is CCC1CCCN(C(=O)c2cccc(C#N)c2)CC1. The Morgan fingerprint density at radius 2 is 2.26 bits per heavy atom. The van der Waals surface area contributed by atoms with Crippen LogP contribution >= 0.6 is 0 Å². The van der Waals surface area contributed by atoms with E-state index in [-0.39, 0.29) is 5.91 Å². The van der Waals surface area contributed by atoms with Crippen LogP contribution in [0.1, 0.15) is 48.5 Å². The van der Waals surface area contributed by atoms with Gasteiger partial charge in [0.1, 0.15) is 0 Å². The summed E-state index contributed by atoms with van der Waals surface area (Å²) in [7, 11) is 0. The van der Waals surface area contributed by atoms with Crippen LogP contribution in [0.15, 0.2) is 24.3 Å². The molecule has 0 spiro atoms. The number of rotatable bonds is 2. The first-order chi connectivity index (χ1) is 9.24. The van der Waals surface area contributed by atoms with E-state index in [9.17, 15) is 4.79 Å². The van der Waals surface area contributed by atoms with Gasteiger partial charge >= 0.3 is 0 Å². The Bertz CT molecular complexity index is 490. The van der Waals surface area contributed by atoms with Gasteiger partial charge in [0, 0.05) is 18.7 Å². The van der Waals surface area contributed by atoms with E-state index in [1.807, 2.05) is 4.90 Å². The lowest BCUT2D eigenvalue weighted by molar-refractivity contribution is 0.0760. The maximum Gasteiger partial charge on any atom is 0.253 e. The number of likely N-dealkylation sites (tertiary alicyclic amines) is 1. The Labute approximate surface area is 114 Å². The summed E-state index contributed by atoms with van der Waals surface area (Å²) < 4.78 is 0. The molecule has 1 aliphatic heterocycles. The Balaban J connectivity index is 2.08. The molecule has 1 aromatic rings. The van der Waals surface area contributed by atoms with Crippen molar-refractivity contribution >= 4 is 5.91 Å². The van der Waals surface area contributed by atoms with E-state index >= 15 is 0 Å². The predicted molar refractivity (Wildman–Crippen MR) is 74.7 cm³/mol. The van der Waals surface area contributed by atoms with Crippen molar-refractivity contribution < 1.29 is 4.79 Å². The molecule has 1 unspecified atom stereocenters. The van der Waals surface area contributed by atoms with E-state index < -0.39 is 0 Å². The molecule has 0 saturated carbocycles. The van der Waals surface area contributed by atoms with Gasteiger partial charge < -0.3 is 4.90 Å². The van der Waals surface area contributed by atoms with Gasteiger partial charge in [-0.25, -0.2) is 0 Å². The van der Waals surface area contributed by atoms with Crippen LogP contribution < -0.4 is 0 Å². The molecule has 1 heterocycles. The lowest BCUT2D eigenvalue weighted by atomic mass is 9.98. The van der Waals surface area contributed by atoms with Crippen LogP contribution in [0.25, 0.3) is 0 Å². The van der Waals surface area contributed by atoms with Gasteiger partial charge in [-0.05, 0) is 43.4 Å². The molecule has 0 N–H and O–H groups in total. The lowest BCUT2D eigenvalue weighted by Gasteiger charge is -2.20. The summed E-state index contributed by atoms with van der Waals surface area (Å²) in [5.74, 6) is 0.817. The number of hydrogen-bond donors (Lipinski definition) is 0. The van der Waals surface area contributed by atoms with Gasteiger partial charge in [0.05, 0.1) is 11.6 Å². The molecule has 2 rings (SSSR count). The van der Waals surface area contributed by atoms with E-state index in [1.165, 1.54) is 12.8 Å². The largest absolute Gasteiger partial charge is 0.339 e. The van der Waals surface area contributed by atoms with Crippen LogP contribution in [0.4, 0.5) is 0 Å². The number of carbonyl (C=O) groups excluding carboxylic acids is 1. The van der Waals surface area contributed by atoms with Gasteiger partial charge in [0.15, 0.2) is 0 Å². The molecule has 1 atom stereocenters. The molecular weight excluding hydrogens is 236 g/mol. The number of amides is 1. The summed E-state index contributed by atoms with van der Waals surface area (Å²) in [6.45, 7) is 3.90. The molecular formula is C16H20N2O. The molecule has 0 aliphatic carbocycles. The van der Waals surface area contributed by atoms with Crippen molar-refractivity contribution in [2.75, 3.05) is 13.1 Å². The molecule has 0 aromatic heterocycles. The predicted octanol–water partition coefficient (Wildman–Crippen LogP) is 3.21. The topological polar surface area (TPSA) is 44.1 Å². The molecule has 1 aliphatic rings. The number of benzene rings is 1. The average Bonchev–Trinajstić information content (AvgIpc) is 2.72. The second-order valence-electron chi connectivity index (χ2n) is 5.19. The zero-order chi connectivity index (χ0) is 13.7. The van der Waals surface area contributed by atoms with Gasteiger partial charge in [-0.1, -0.05) is 19.4 Å². The highest BCUT2D eigenvalue weighted by Crippen LogP contribution is 2.21. The normalized spacial score (nSPS) is 19.6. The van der Waals surface area contributed by atoms with Crippen molar-refractivity contribution in [2.45, 2.75) is 32.6 Å². The smallest absolute Gasteiger partial charge is 0.253 e. The van der Waals surface area contributed by atoms with Gasteiger partial charge in [-0.2, -0.15) is 5.26 Å². The zero-order valence-electron chi connectivity index (χ0n) is 11.4. The minimum atomic E-state index is 0.0638. The molecule has 1 aromatic carbocycles. The molecule has 0 bridgehead atoms. The summed E-state index contributed by atoms with van der Waals surface area (Å²) in [6, 6.07) is 9.07. The third-order valence-electron chi connectivity index (χ3n) is 3.95. The molecule has 1 fully saturated rings. The van der Waals surface area contributed by atoms with Crippen molar-refractivity contribution in [3.63, 3.8) is 0 Å². The molecule has 100 valence electrons. The van der Waals surface area contributed by atoms with Crippen molar-refractivity contribution in [1.82, 2.24) is 4.90 Å². The third kappa shape index (κ3) is 3.35. The Hall–Kier alpha value is -1.82. The average molecular weight is 256 g/mol. The van der Waals surface area contributed by atoms with Gasteiger partial charge in [0.2, 0.25) is 0 Å². The molecule has 3 nitrogen and oxygen atoms in total. The fourth-order valence-electron chi connectivity index (χ4n) is 2.68. The van der Waals surface area contributed by atoms with E-state index in [4.69, 9.17) is 5.26 Å². The highest BCUT2D eigenvalue weighted by atomic mass is 16.2. The van der Waals surface area contributed by atoms with Crippen LogP contribution in [0.2, 0.25) is 0 Å². The highest BCUT2D eigenvalue weighted by molar-refractivity contribution is 5.94. The minimum Gasteiger partial charge on any atom is -0.339 e. The highest BCUT2D eigenvalue weighted by Gasteiger charge is 2.20. The summed E-state index contributed by atoms with van der Waals surface area (Å²) in [5, 5.41) is 8.89. The van der Waals surface area contributed by atoms with Crippen LogP contribution in [-0.4, -0.2) is 23.9 Å². The number of carbonyl (C=O) groups is 1. The van der Waals surface area contributed by atoms with E-state index in [0.29, 0.717) is 11.1 Å². The van der Waals surface area contributed by atoms with Crippen molar-refractivity contribution in [3.05, 3.63) is 35.4 Å². The summed E-state index contributed by atoms with van der Waals surface area (Å²) in [6.07, 6.45) is 4.60. The zero-order valence-corrected chi connectivity index (χ0v) is 11.4. The number of nitriles is 1. The van der Waals surface area contributed by atoms with E-state index in [0.717, 1.165) is 31.8 Å². The second kappa shape index (κ2) is 6.38. The first-order valence-electron chi connectivity index (χ1n) is 7.04. The third-order valence-corrected chi connectivity index (χ3v) is 3.95. The molecule has 19 heavy (non-hydrogen) atoms.